The Balaban J connectivity index is 0.000000720. The molecule has 6 N–H and O–H groups in total. The molecule has 2 saturated heterocycles. The van der Waals surface area contributed by atoms with Gasteiger partial charge in [-0.15, -0.1) is 0 Å². The molecule has 2 aliphatic rings. The molecule has 0 bridgehead atoms. The van der Waals surface area contributed by atoms with Gasteiger partial charge in [-0.25, -0.2) is 0 Å². The summed E-state index contributed by atoms with van der Waals surface area (Å²) in [6.45, 7) is -0.347. The Kier molecular flexibility index (Phi) is 3.81. The van der Waals surface area contributed by atoms with Crippen molar-refractivity contribution in [2.24, 2.45) is 0 Å². The maximum Gasteiger partial charge on any atom is -0.457 e. The summed E-state index contributed by atoms with van der Waals surface area (Å²) in [5, 5.41) is 0. The zero-order valence-electron chi connectivity index (χ0n) is 6.52. The molecular formula is C4H10GeO8+2. The SMILES string of the molecule is O=C1C[O][Ge]2([O]CC(=O)[O]2)[O]1.[OH3+].[OH3+]. The van der Waals surface area contributed by atoms with Gasteiger partial charge in [0.1, 0.15) is 0 Å². The van der Waals surface area contributed by atoms with Crippen LogP contribution in [-0.4, -0.2) is 39.8 Å². The van der Waals surface area contributed by atoms with Gasteiger partial charge in [0.2, 0.25) is 0 Å². The molecule has 2 heterocycles. The summed E-state index contributed by atoms with van der Waals surface area (Å²) in [5.41, 5.74) is 0. The van der Waals surface area contributed by atoms with Gasteiger partial charge in [-0.05, 0) is 0 Å². The molecule has 0 saturated carbocycles. The molecule has 13 heavy (non-hydrogen) atoms. The molecule has 0 aromatic carbocycles. The van der Waals surface area contributed by atoms with Crippen molar-refractivity contribution in [3.63, 3.8) is 0 Å². The molecule has 0 radical (unpaired) electrons. The average molecular weight is 259 g/mol. The molecule has 0 aromatic rings. The van der Waals surface area contributed by atoms with Crippen LogP contribution in [0.25, 0.3) is 0 Å². The first-order valence-corrected chi connectivity index (χ1v) is 6.34. The number of carbonyl (C=O) groups is 2. The Bertz CT molecular complexity index is 202. The molecule has 0 unspecified atom stereocenters. The third-order valence-corrected chi connectivity index (χ3v) is 5.30. The van der Waals surface area contributed by atoms with Gasteiger partial charge in [-0.1, -0.05) is 0 Å². The van der Waals surface area contributed by atoms with Gasteiger partial charge in [0.05, 0.1) is 0 Å². The monoisotopic (exact) mass is 260 g/mol. The Morgan fingerprint density at radius 2 is 1.31 bits per heavy atom. The molecule has 2 aliphatic heterocycles. The van der Waals surface area contributed by atoms with Gasteiger partial charge in [-0.3, -0.25) is 0 Å². The van der Waals surface area contributed by atoms with Crippen LogP contribution in [0.4, 0.5) is 0 Å². The van der Waals surface area contributed by atoms with Crippen molar-refractivity contribution in [2.45, 2.75) is 0 Å². The summed E-state index contributed by atoms with van der Waals surface area (Å²) >= 11 is -3.79. The van der Waals surface area contributed by atoms with Crippen LogP contribution in [0, 0.1) is 0 Å². The standard InChI is InChI=1S/C4H4GeO6.2H2O/c6-3-1-8-5(10-3)9-2-4(7)11-5;;/h1-2H2;2*1H2/p+2. The summed E-state index contributed by atoms with van der Waals surface area (Å²) in [6, 6.07) is 0. The third-order valence-electron chi connectivity index (χ3n) is 1.21. The van der Waals surface area contributed by atoms with Crippen molar-refractivity contribution in [2.75, 3.05) is 13.2 Å². The molecule has 0 aliphatic carbocycles. The molecule has 0 amide bonds. The van der Waals surface area contributed by atoms with E-state index >= 15 is 0 Å². The summed E-state index contributed by atoms with van der Waals surface area (Å²) < 4.78 is 19.0. The molecule has 0 atom stereocenters. The van der Waals surface area contributed by atoms with Crippen molar-refractivity contribution in [1.29, 1.82) is 0 Å². The van der Waals surface area contributed by atoms with Crippen LogP contribution in [0.3, 0.4) is 0 Å². The molecule has 1 spiro atoms. The second-order valence-corrected chi connectivity index (χ2v) is 6.19. The zero-order chi connectivity index (χ0) is 7.90. The summed E-state index contributed by atoms with van der Waals surface area (Å²) in [6.07, 6.45) is 0. The van der Waals surface area contributed by atoms with E-state index in [0.717, 1.165) is 0 Å². The number of carbonyl (C=O) groups excluding carboxylic acids is 2. The van der Waals surface area contributed by atoms with E-state index in [4.69, 9.17) is 7.53 Å². The second kappa shape index (κ2) is 4.02. The fraction of sp³-hybridized carbons (Fsp3) is 0.500. The van der Waals surface area contributed by atoms with E-state index in [1.807, 2.05) is 0 Å². The van der Waals surface area contributed by atoms with E-state index in [1.165, 1.54) is 0 Å². The fourth-order valence-corrected chi connectivity index (χ4v) is 4.22. The van der Waals surface area contributed by atoms with Gasteiger partial charge in [0.25, 0.3) is 0 Å². The van der Waals surface area contributed by atoms with Crippen LogP contribution in [0.15, 0.2) is 0 Å². The van der Waals surface area contributed by atoms with Crippen LogP contribution in [0.2, 0.25) is 0 Å². The number of rotatable bonds is 0. The van der Waals surface area contributed by atoms with Crippen molar-refractivity contribution in [3.8, 4) is 0 Å². The van der Waals surface area contributed by atoms with E-state index in [1.54, 1.807) is 0 Å². The molecule has 76 valence electrons. The Morgan fingerprint density at radius 1 is 0.923 bits per heavy atom. The first-order valence-electron chi connectivity index (χ1n) is 2.92. The van der Waals surface area contributed by atoms with Crippen LogP contribution < -0.4 is 0 Å². The molecule has 9 heteroatoms. The smallest absolute Gasteiger partial charge is 0.457 e. The Hall–Kier alpha value is -0.677. The first kappa shape index (κ1) is 12.3. The molecular weight excluding hydrogens is 249 g/mol. The van der Waals surface area contributed by atoms with Gasteiger partial charge < -0.3 is 11.0 Å². The minimum atomic E-state index is -3.79. The second-order valence-electron chi connectivity index (χ2n) is 2.03. The first-order chi connectivity index (χ1) is 5.20. The van der Waals surface area contributed by atoms with Gasteiger partial charge in [0.15, 0.2) is 0 Å². The average Bonchev–Trinajstić information content (AvgIpc) is 2.44. The quantitative estimate of drug-likeness (QED) is 0.330. The predicted octanol–water partition coefficient (Wildman–Crippen LogP) is -3.27. The largest absolute Gasteiger partial charge is 0.457 e. The van der Waals surface area contributed by atoms with E-state index in [9.17, 15) is 9.59 Å². The molecule has 0 aromatic heterocycles. The third kappa shape index (κ3) is 2.16. The van der Waals surface area contributed by atoms with Crippen LogP contribution in [-0.2, 0) is 35.6 Å². The van der Waals surface area contributed by atoms with Gasteiger partial charge in [0, 0.05) is 0 Å². The fourth-order valence-electron chi connectivity index (χ4n) is 0.813. The molecule has 2 rings (SSSR count). The Labute approximate surface area is 76.0 Å². The van der Waals surface area contributed by atoms with Crippen molar-refractivity contribution >= 4 is 26.6 Å². The van der Waals surface area contributed by atoms with Gasteiger partial charge >= 0.3 is 64.4 Å². The summed E-state index contributed by atoms with van der Waals surface area (Å²) in [5.74, 6) is -1.06. The van der Waals surface area contributed by atoms with Crippen LogP contribution in [0.5, 0.6) is 0 Å². The predicted molar refractivity (Wildman–Crippen MR) is 39.6 cm³/mol. The van der Waals surface area contributed by atoms with Crippen LogP contribution in [0.1, 0.15) is 0 Å². The topological polar surface area (TPSA) is 137 Å². The minimum absolute atomic E-state index is 0. The maximum absolute atomic E-state index is 10.5. The van der Waals surface area contributed by atoms with Crippen LogP contribution >= 0.6 is 0 Å². The molecule has 2 fully saturated rings. The number of hydrogen-bond donors (Lipinski definition) is 0. The summed E-state index contributed by atoms with van der Waals surface area (Å²) in [4.78, 5) is 21.1. The van der Waals surface area contributed by atoms with Crippen molar-refractivity contribution < 1.29 is 35.6 Å². The minimum Gasteiger partial charge on any atom is -0.457 e. The van der Waals surface area contributed by atoms with Crippen molar-refractivity contribution in [3.05, 3.63) is 0 Å². The number of hydrogen-bond acceptors (Lipinski definition) is 6. The van der Waals surface area contributed by atoms with E-state index in [0.29, 0.717) is 0 Å². The van der Waals surface area contributed by atoms with Gasteiger partial charge in [-0.2, -0.15) is 0 Å². The maximum atomic E-state index is 10.5. The van der Waals surface area contributed by atoms with Crippen molar-refractivity contribution in [1.82, 2.24) is 0 Å². The normalized spacial score (nSPS) is 23.1. The Morgan fingerprint density at radius 3 is 1.54 bits per heavy atom. The van der Waals surface area contributed by atoms with E-state index < -0.39 is 26.6 Å². The summed E-state index contributed by atoms with van der Waals surface area (Å²) in [7, 11) is 0. The molecule has 8 nitrogen and oxygen atoms in total. The van der Waals surface area contributed by atoms with E-state index in [2.05, 4.69) is 7.53 Å². The van der Waals surface area contributed by atoms with E-state index in [-0.39, 0.29) is 24.2 Å². The zero-order valence-corrected chi connectivity index (χ0v) is 8.62.